The molecule has 0 bridgehead atoms. The standard InChI is InChI=1S/C12H22O8Si/c1-7-10(21(16-4,17-5)18-6)20-12(15)9(3)19-11(14)8(2)13/h9-10H,7H2,1-6H3. The van der Waals surface area contributed by atoms with Crippen molar-refractivity contribution in [2.24, 2.45) is 0 Å². The molecule has 2 atom stereocenters. The van der Waals surface area contributed by atoms with Crippen molar-refractivity contribution in [1.82, 2.24) is 0 Å². The Morgan fingerprint density at radius 2 is 1.48 bits per heavy atom. The highest BCUT2D eigenvalue weighted by molar-refractivity contribution is 6.62. The van der Waals surface area contributed by atoms with Gasteiger partial charge in [-0.2, -0.15) is 0 Å². The van der Waals surface area contributed by atoms with Crippen LogP contribution in [0.15, 0.2) is 0 Å². The van der Waals surface area contributed by atoms with Crippen LogP contribution in [0.25, 0.3) is 0 Å². The van der Waals surface area contributed by atoms with Crippen molar-refractivity contribution in [2.75, 3.05) is 21.3 Å². The van der Waals surface area contributed by atoms with Gasteiger partial charge in [0, 0.05) is 28.3 Å². The van der Waals surface area contributed by atoms with Crippen LogP contribution in [-0.4, -0.2) is 59.7 Å². The van der Waals surface area contributed by atoms with Crippen molar-refractivity contribution < 1.29 is 37.1 Å². The topological polar surface area (TPSA) is 97.4 Å². The van der Waals surface area contributed by atoms with Crippen molar-refractivity contribution in [2.45, 2.75) is 39.0 Å². The lowest BCUT2D eigenvalue weighted by Gasteiger charge is -2.31. The number of ketones is 1. The molecule has 122 valence electrons. The molecule has 0 saturated heterocycles. The first kappa shape index (κ1) is 19.7. The van der Waals surface area contributed by atoms with E-state index in [1.54, 1.807) is 6.92 Å². The molecule has 9 heteroatoms. The minimum Gasteiger partial charge on any atom is -0.455 e. The van der Waals surface area contributed by atoms with Gasteiger partial charge in [0.2, 0.25) is 5.78 Å². The molecule has 0 aromatic rings. The Bertz CT molecular complexity index is 371. The molecule has 2 unspecified atom stereocenters. The first-order valence-corrected chi connectivity index (χ1v) is 8.15. The SMILES string of the molecule is CCC(OC(=O)C(C)OC(=O)C(C)=O)[Si](OC)(OC)OC. The lowest BCUT2D eigenvalue weighted by atomic mass is 10.4. The van der Waals surface area contributed by atoms with Gasteiger partial charge in [-0.1, -0.05) is 6.92 Å². The van der Waals surface area contributed by atoms with E-state index < -0.39 is 38.4 Å². The van der Waals surface area contributed by atoms with Crippen molar-refractivity contribution >= 4 is 26.5 Å². The van der Waals surface area contributed by atoms with Crippen LogP contribution in [0.4, 0.5) is 0 Å². The third kappa shape index (κ3) is 5.19. The molecule has 0 radical (unpaired) electrons. The third-order valence-electron chi connectivity index (χ3n) is 2.78. The average molecular weight is 322 g/mol. The quantitative estimate of drug-likeness (QED) is 0.338. The number of Topliss-reactive ketones (excluding diaryl/α,β-unsaturated/α-hetero) is 1. The van der Waals surface area contributed by atoms with Crippen molar-refractivity contribution in [3.05, 3.63) is 0 Å². The molecule has 0 aliphatic carbocycles. The maximum absolute atomic E-state index is 11.9. The van der Waals surface area contributed by atoms with E-state index in [0.717, 1.165) is 6.92 Å². The van der Waals surface area contributed by atoms with E-state index in [2.05, 4.69) is 4.74 Å². The first-order valence-electron chi connectivity index (χ1n) is 6.35. The molecule has 0 N–H and O–H groups in total. The summed E-state index contributed by atoms with van der Waals surface area (Å²) in [4.78, 5) is 33.8. The van der Waals surface area contributed by atoms with Crippen LogP contribution in [0.2, 0.25) is 0 Å². The van der Waals surface area contributed by atoms with E-state index in [0.29, 0.717) is 6.42 Å². The molecule has 0 amide bonds. The summed E-state index contributed by atoms with van der Waals surface area (Å²) in [6, 6.07) is 0. The molecule has 0 saturated carbocycles. The number of carbonyl (C=O) groups is 3. The lowest BCUT2D eigenvalue weighted by molar-refractivity contribution is -0.171. The number of hydrogen-bond donors (Lipinski definition) is 0. The molecule has 0 heterocycles. The molecule has 0 aliphatic rings. The summed E-state index contributed by atoms with van der Waals surface area (Å²) >= 11 is 0. The van der Waals surface area contributed by atoms with E-state index in [4.69, 9.17) is 18.0 Å². The maximum atomic E-state index is 11.9. The summed E-state index contributed by atoms with van der Waals surface area (Å²) in [5.41, 5.74) is -0.747. The van der Waals surface area contributed by atoms with Crippen LogP contribution in [-0.2, 0) is 37.1 Å². The first-order chi connectivity index (χ1) is 9.77. The highest BCUT2D eigenvalue weighted by atomic mass is 28.4. The lowest BCUT2D eigenvalue weighted by Crippen LogP contribution is -2.56. The molecule has 0 aromatic carbocycles. The predicted octanol–water partition coefficient (Wildman–Crippen LogP) is 0.246. The number of ether oxygens (including phenoxy) is 2. The van der Waals surface area contributed by atoms with Gasteiger partial charge in [0.05, 0.1) is 0 Å². The Morgan fingerprint density at radius 3 is 1.81 bits per heavy atom. The van der Waals surface area contributed by atoms with Gasteiger partial charge in [-0.3, -0.25) is 4.79 Å². The van der Waals surface area contributed by atoms with Crippen LogP contribution in [0.5, 0.6) is 0 Å². The molecule has 0 spiro atoms. The van der Waals surface area contributed by atoms with E-state index in [-0.39, 0.29) is 0 Å². The van der Waals surface area contributed by atoms with E-state index >= 15 is 0 Å². The summed E-state index contributed by atoms with van der Waals surface area (Å²) in [5, 5.41) is 0. The van der Waals surface area contributed by atoms with Gasteiger partial charge in [0.25, 0.3) is 0 Å². The molecule has 0 rings (SSSR count). The molecule has 0 fully saturated rings. The zero-order valence-corrected chi connectivity index (χ0v) is 14.1. The summed E-state index contributed by atoms with van der Waals surface area (Å²) in [7, 11) is 1.03. The average Bonchev–Trinajstić information content (AvgIpc) is 2.47. The number of esters is 2. The van der Waals surface area contributed by atoms with Crippen molar-refractivity contribution in [3.8, 4) is 0 Å². The Kier molecular flexibility index (Phi) is 8.33. The monoisotopic (exact) mass is 322 g/mol. The maximum Gasteiger partial charge on any atom is 0.543 e. The summed E-state index contributed by atoms with van der Waals surface area (Å²) in [5.74, 6) is -2.70. The Hall–Kier alpha value is -1.29. The smallest absolute Gasteiger partial charge is 0.455 e. The van der Waals surface area contributed by atoms with Crippen molar-refractivity contribution in [3.63, 3.8) is 0 Å². The van der Waals surface area contributed by atoms with Crippen molar-refractivity contribution in [1.29, 1.82) is 0 Å². The van der Waals surface area contributed by atoms with Gasteiger partial charge in [-0.05, 0) is 13.3 Å². The number of rotatable bonds is 9. The largest absolute Gasteiger partial charge is 0.543 e. The molecule has 8 nitrogen and oxygen atoms in total. The van der Waals surface area contributed by atoms with Crippen LogP contribution in [0.1, 0.15) is 27.2 Å². The predicted molar refractivity (Wildman–Crippen MR) is 73.2 cm³/mol. The van der Waals surface area contributed by atoms with Gasteiger partial charge in [-0.25, -0.2) is 9.59 Å². The Morgan fingerprint density at radius 1 is 1.00 bits per heavy atom. The molecule has 21 heavy (non-hydrogen) atoms. The number of carbonyl (C=O) groups excluding carboxylic acids is 3. The fourth-order valence-corrected chi connectivity index (χ4v) is 3.63. The minimum absolute atomic E-state index is 0.390. The second kappa shape index (κ2) is 8.88. The summed E-state index contributed by atoms with van der Waals surface area (Å²) in [6.07, 6.45) is -0.825. The second-order valence-electron chi connectivity index (χ2n) is 4.15. The van der Waals surface area contributed by atoms with Gasteiger partial charge in [0.15, 0.2) is 11.8 Å². The Labute approximate surface area is 125 Å². The minimum atomic E-state index is -3.17. The van der Waals surface area contributed by atoms with E-state index in [1.165, 1.54) is 28.3 Å². The van der Waals surface area contributed by atoms with Crippen LogP contribution < -0.4 is 0 Å². The molecular weight excluding hydrogens is 300 g/mol. The summed E-state index contributed by atoms with van der Waals surface area (Å²) < 4.78 is 25.6. The second-order valence-corrected chi connectivity index (χ2v) is 7.23. The highest BCUT2D eigenvalue weighted by Crippen LogP contribution is 2.19. The normalized spacial score (nSPS) is 14.2. The van der Waals surface area contributed by atoms with E-state index in [1.807, 2.05) is 0 Å². The van der Waals surface area contributed by atoms with Gasteiger partial charge < -0.3 is 22.8 Å². The van der Waals surface area contributed by atoms with Gasteiger partial charge in [0.1, 0.15) is 0 Å². The number of hydrogen-bond acceptors (Lipinski definition) is 8. The fourth-order valence-electron chi connectivity index (χ4n) is 1.58. The molecular formula is C12H22O8Si. The van der Waals surface area contributed by atoms with Gasteiger partial charge >= 0.3 is 20.7 Å². The van der Waals surface area contributed by atoms with Crippen LogP contribution in [0.3, 0.4) is 0 Å². The van der Waals surface area contributed by atoms with E-state index in [9.17, 15) is 14.4 Å². The molecule has 0 aromatic heterocycles. The summed E-state index contributed by atoms with van der Waals surface area (Å²) in [6.45, 7) is 4.13. The molecule has 0 aliphatic heterocycles. The van der Waals surface area contributed by atoms with Crippen LogP contribution in [0, 0.1) is 0 Å². The third-order valence-corrected chi connectivity index (χ3v) is 5.80. The van der Waals surface area contributed by atoms with Crippen LogP contribution >= 0.6 is 0 Å². The zero-order valence-electron chi connectivity index (χ0n) is 13.1. The Balaban J connectivity index is 4.86. The van der Waals surface area contributed by atoms with Gasteiger partial charge in [-0.15, -0.1) is 0 Å². The zero-order chi connectivity index (χ0) is 16.6. The highest BCUT2D eigenvalue weighted by Gasteiger charge is 2.50. The fraction of sp³-hybridized carbons (Fsp3) is 0.750.